The maximum Gasteiger partial charge on any atom is 0.258 e. The largest absolute Gasteiger partial charge is 0.494 e. The summed E-state index contributed by atoms with van der Waals surface area (Å²) in [5.41, 5.74) is 2.06. The first kappa shape index (κ1) is 20.2. The van der Waals surface area contributed by atoms with Crippen LogP contribution in [-0.2, 0) is 5.66 Å². The Hall–Kier alpha value is -2.49. The van der Waals surface area contributed by atoms with Crippen molar-refractivity contribution < 1.29 is 9.53 Å². The van der Waals surface area contributed by atoms with Gasteiger partial charge in [0.05, 0.1) is 12.2 Å². The number of nitrogens with one attached hydrogen (secondary N) is 1. The van der Waals surface area contributed by atoms with Gasteiger partial charge in [-0.3, -0.25) is 4.79 Å². The number of hydrogen-bond donors (Lipinski definition) is 1. The Morgan fingerprint density at radius 3 is 2.46 bits per heavy atom. The molecular formula is C24H32N2O2. The minimum Gasteiger partial charge on any atom is -0.494 e. The molecule has 0 aliphatic carbocycles. The third-order valence-corrected chi connectivity index (χ3v) is 5.70. The molecule has 0 spiro atoms. The molecule has 1 aliphatic rings. The second-order valence-electron chi connectivity index (χ2n) is 7.76. The molecule has 0 radical (unpaired) electrons. The summed E-state index contributed by atoms with van der Waals surface area (Å²) in [6.45, 7) is 9.25. The van der Waals surface area contributed by atoms with E-state index in [0.717, 1.165) is 42.0 Å². The molecule has 0 saturated carbocycles. The number of nitrogens with zero attached hydrogens (tertiary/aromatic N) is 1. The number of anilines is 1. The van der Waals surface area contributed by atoms with Gasteiger partial charge in [0, 0.05) is 11.7 Å². The summed E-state index contributed by atoms with van der Waals surface area (Å²) < 4.78 is 5.86. The van der Waals surface area contributed by atoms with Gasteiger partial charge in [-0.25, -0.2) is 0 Å². The summed E-state index contributed by atoms with van der Waals surface area (Å²) in [7, 11) is 0. The van der Waals surface area contributed by atoms with Gasteiger partial charge in [-0.1, -0.05) is 51.0 Å². The van der Waals surface area contributed by atoms with Crippen LogP contribution < -0.4 is 10.1 Å². The van der Waals surface area contributed by atoms with E-state index in [1.54, 1.807) is 0 Å². The highest BCUT2D eigenvalue weighted by molar-refractivity contribution is 6.02. The van der Waals surface area contributed by atoms with Crippen molar-refractivity contribution in [3.05, 3.63) is 59.7 Å². The van der Waals surface area contributed by atoms with Gasteiger partial charge in [0.15, 0.2) is 0 Å². The number of unbranched alkanes of at least 4 members (excludes halogenated alkanes) is 2. The Morgan fingerprint density at radius 2 is 1.79 bits per heavy atom. The number of rotatable bonds is 8. The van der Waals surface area contributed by atoms with Crippen molar-refractivity contribution >= 4 is 11.6 Å². The molecule has 0 aromatic heterocycles. The van der Waals surface area contributed by atoms with E-state index < -0.39 is 5.66 Å². The number of hydrogen-bond acceptors (Lipinski definition) is 3. The van der Waals surface area contributed by atoms with Gasteiger partial charge >= 0.3 is 0 Å². The lowest BCUT2D eigenvalue weighted by Crippen LogP contribution is -2.58. The smallest absolute Gasteiger partial charge is 0.258 e. The van der Waals surface area contributed by atoms with Crippen LogP contribution >= 0.6 is 0 Å². The molecule has 1 aliphatic heterocycles. The summed E-state index contributed by atoms with van der Waals surface area (Å²) in [6, 6.07) is 16.0. The van der Waals surface area contributed by atoms with Gasteiger partial charge in [0.1, 0.15) is 11.4 Å². The molecule has 2 atom stereocenters. The fraction of sp³-hybridized carbons (Fsp3) is 0.458. The number of amides is 1. The zero-order valence-electron chi connectivity index (χ0n) is 17.5. The summed E-state index contributed by atoms with van der Waals surface area (Å²) in [4.78, 5) is 15.3. The fourth-order valence-electron chi connectivity index (χ4n) is 3.89. The molecular weight excluding hydrogens is 348 g/mol. The zero-order valence-corrected chi connectivity index (χ0v) is 17.5. The van der Waals surface area contributed by atoms with E-state index in [1.807, 2.05) is 41.3 Å². The average molecular weight is 381 g/mol. The third-order valence-electron chi connectivity index (χ3n) is 5.70. The average Bonchev–Trinajstić information content (AvgIpc) is 2.71. The molecule has 1 N–H and O–H groups in total. The zero-order chi connectivity index (χ0) is 20.1. The number of carbonyl (C=O) groups excluding carboxylic acids is 1. The third kappa shape index (κ3) is 3.87. The van der Waals surface area contributed by atoms with Crippen molar-refractivity contribution in [1.82, 2.24) is 4.90 Å². The standard InChI is InChI=1S/C24H32N2O2/c1-5-7-10-17-28-20-15-13-19(14-16-20)24(4)25-22-12-9-8-11-21(22)23(27)26(24)18(3)6-2/h8-9,11-16,18,25H,5-7,10,17H2,1-4H3. The van der Waals surface area contributed by atoms with Crippen LogP contribution in [-0.4, -0.2) is 23.5 Å². The van der Waals surface area contributed by atoms with Gasteiger partial charge in [0.25, 0.3) is 5.91 Å². The molecule has 0 bridgehead atoms. The van der Waals surface area contributed by atoms with Gasteiger partial charge in [-0.05, 0) is 56.5 Å². The molecule has 0 saturated heterocycles. The minimum absolute atomic E-state index is 0.0751. The molecule has 2 unspecified atom stereocenters. The highest BCUT2D eigenvalue weighted by atomic mass is 16.5. The van der Waals surface area contributed by atoms with Gasteiger partial charge in [-0.15, -0.1) is 0 Å². The van der Waals surface area contributed by atoms with Crippen LogP contribution in [0.4, 0.5) is 5.69 Å². The first-order valence-electron chi connectivity index (χ1n) is 10.5. The number of para-hydroxylation sites is 1. The molecule has 150 valence electrons. The fourth-order valence-corrected chi connectivity index (χ4v) is 3.89. The van der Waals surface area contributed by atoms with E-state index in [9.17, 15) is 4.79 Å². The van der Waals surface area contributed by atoms with Crippen LogP contribution in [0.25, 0.3) is 0 Å². The number of fused-ring (bicyclic) bond motifs is 1. The Labute approximate surface area is 168 Å². The molecule has 4 nitrogen and oxygen atoms in total. The number of benzene rings is 2. The number of ether oxygens (including phenoxy) is 1. The second-order valence-corrected chi connectivity index (χ2v) is 7.76. The van der Waals surface area contributed by atoms with Crippen LogP contribution in [0.2, 0.25) is 0 Å². The molecule has 4 heteroatoms. The number of carbonyl (C=O) groups is 1. The lowest BCUT2D eigenvalue weighted by molar-refractivity contribution is 0.0399. The van der Waals surface area contributed by atoms with E-state index in [-0.39, 0.29) is 11.9 Å². The quantitative estimate of drug-likeness (QED) is 0.589. The van der Waals surface area contributed by atoms with E-state index in [0.29, 0.717) is 0 Å². The van der Waals surface area contributed by atoms with Crippen molar-refractivity contribution in [2.75, 3.05) is 11.9 Å². The Balaban J connectivity index is 1.90. The normalized spacial score (nSPS) is 19.7. The predicted molar refractivity (Wildman–Crippen MR) is 115 cm³/mol. The predicted octanol–water partition coefficient (Wildman–Crippen LogP) is 5.79. The van der Waals surface area contributed by atoms with E-state index in [1.165, 1.54) is 12.8 Å². The van der Waals surface area contributed by atoms with Crippen molar-refractivity contribution in [3.8, 4) is 5.75 Å². The van der Waals surface area contributed by atoms with E-state index in [4.69, 9.17) is 4.74 Å². The molecule has 28 heavy (non-hydrogen) atoms. The van der Waals surface area contributed by atoms with Crippen molar-refractivity contribution in [2.24, 2.45) is 0 Å². The first-order chi connectivity index (χ1) is 13.5. The molecule has 2 aromatic rings. The topological polar surface area (TPSA) is 41.6 Å². The van der Waals surface area contributed by atoms with Crippen molar-refractivity contribution in [2.45, 2.75) is 65.1 Å². The lowest BCUT2D eigenvalue weighted by atomic mass is 9.91. The molecule has 1 amide bonds. The second kappa shape index (κ2) is 8.68. The molecule has 1 heterocycles. The summed E-state index contributed by atoms with van der Waals surface area (Å²) in [5.74, 6) is 0.951. The first-order valence-corrected chi connectivity index (χ1v) is 10.5. The van der Waals surface area contributed by atoms with Crippen molar-refractivity contribution in [1.29, 1.82) is 0 Å². The summed E-state index contributed by atoms with van der Waals surface area (Å²) >= 11 is 0. The van der Waals surface area contributed by atoms with E-state index in [2.05, 4.69) is 45.1 Å². The van der Waals surface area contributed by atoms with Crippen LogP contribution in [0.3, 0.4) is 0 Å². The maximum absolute atomic E-state index is 13.3. The Bertz CT molecular complexity index is 803. The van der Waals surface area contributed by atoms with Gasteiger partial charge in [-0.2, -0.15) is 0 Å². The van der Waals surface area contributed by atoms with Crippen LogP contribution in [0, 0.1) is 0 Å². The van der Waals surface area contributed by atoms with Crippen LogP contribution in [0.1, 0.15) is 69.3 Å². The Morgan fingerprint density at radius 1 is 1.07 bits per heavy atom. The van der Waals surface area contributed by atoms with Crippen LogP contribution in [0.15, 0.2) is 48.5 Å². The maximum atomic E-state index is 13.3. The molecule has 2 aromatic carbocycles. The van der Waals surface area contributed by atoms with Gasteiger partial charge in [0.2, 0.25) is 0 Å². The van der Waals surface area contributed by atoms with Crippen molar-refractivity contribution in [3.63, 3.8) is 0 Å². The Kier molecular flexibility index (Phi) is 6.28. The van der Waals surface area contributed by atoms with E-state index >= 15 is 0 Å². The van der Waals surface area contributed by atoms with Gasteiger partial charge < -0.3 is 15.0 Å². The summed E-state index contributed by atoms with van der Waals surface area (Å²) in [6.07, 6.45) is 4.34. The minimum atomic E-state index is -0.610. The highest BCUT2D eigenvalue weighted by Crippen LogP contribution is 2.39. The van der Waals surface area contributed by atoms with Crippen LogP contribution in [0.5, 0.6) is 5.75 Å². The monoisotopic (exact) mass is 380 g/mol. The molecule has 3 rings (SSSR count). The highest BCUT2D eigenvalue weighted by Gasteiger charge is 2.44. The molecule has 0 fully saturated rings. The summed E-state index contributed by atoms with van der Waals surface area (Å²) in [5, 5.41) is 3.63. The lowest BCUT2D eigenvalue weighted by Gasteiger charge is -2.49. The SMILES string of the molecule is CCCCCOc1ccc(C2(C)Nc3ccccc3C(=O)N2C(C)CC)cc1.